The number of hydrogen-bond donors (Lipinski definition) is 1. The van der Waals surface area contributed by atoms with Gasteiger partial charge in [0.05, 0.1) is 0 Å². The molecule has 0 aromatic heterocycles. The van der Waals surface area contributed by atoms with Crippen LogP contribution in [0, 0.1) is 17.6 Å². The Kier molecular flexibility index (Phi) is 4.70. The van der Waals surface area contributed by atoms with Gasteiger partial charge >= 0.3 is 0 Å². The zero-order valence-corrected chi connectivity index (χ0v) is 10.9. The number of halogens is 2. The summed E-state index contributed by atoms with van der Waals surface area (Å²) in [5.41, 5.74) is 0.870. The van der Waals surface area contributed by atoms with Gasteiger partial charge in [-0.25, -0.2) is 8.78 Å². The van der Waals surface area contributed by atoms with Crippen molar-refractivity contribution in [1.82, 2.24) is 5.32 Å². The number of nitrogens with one attached hydrogen (secondary N) is 1. The molecule has 3 heteroatoms. The molecule has 0 radical (unpaired) electrons. The van der Waals surface area contributed by atoms with E-state index < -0.39 is 11.6 Å². The quantitative estimate of drug-likeness (QED) is 0.801. The fourth-order valence-corrected chi connectivity index (χ4v) is 2.45. The van der Waals surface area contributed by atoms with Crippen LogP contribution in [0.15, 0.2) is 18.2 Å². The van der Waals surface area contributed by atoms with Crippen molar-refractivity contribution in [2.45, 2.75) is 45.1 Å². The molecule has 1 aromatic carbocycles. The Morgan fingerprint density at radius 2 is 2.06 bits per heavy atom. The van der Waals surface area contributed by atoms with E-state index in [1.165, 1.54) is 31.4 Å². The van der Waals surface area contributed by atoms with Gasteiger partial charge < -0.3 is 5.32 Å². The largest absolute Gasteiger partial charge is 0.310 e. The molecule has 0 aliphatic heterocycles. The number of benzene rings is 1. The van der Waals surface area contributed by atoms with Crippen LogP contribution in [0.4, 0.5) is 8.78 Å². The first-order valence-corrected chi connectivity index (χ1v) is 6.89. The summed E-state index contributed by atoms with van der Waals surface area (Å²) in [5.74, 6) is -0.770. The molecule has 100 valence electrons. The molecule has 1 fully saturated rings. The molecule has 0 heterocycles. The minimum Gasteiger partial charge on any atom is -0.310 e. The van der Waals surface area contributed by atoms with Crippen LogP contribution < -0.4 is 5.32 Å². The Balaban J connectivity index is 2.07. The van der Waals surface area contributed by atoms with Crippen LogP contribution in [-0.2, 0) is 0 Å². The molecule has 1 N–H and O–H groups in total. The van der Waals surface area contributed by atoms with E-state index in [2.05, 4.69) is 12.2 Å². The second kappa shape index (κ2) is 6.28. The van der Waals surface area contributed by atoms with Crippen LogP contribution in [0.25, 0.3) is 0 Å². The Morgan fingerprint density at radius 1 is 1.28 bits per heavy atom. The third kappa shape index (κ3) is 3.29. The standard InChI is InChI=1S/C15H21F2N/c1-2-8-18-15(9-11-4-3-5-11)12-6-7-13(16)14(17)10-12/h6-7,10-11,15,18H,2-5,8-9H2,1H3. The molecule has 2 rings (SSSR count). The van der Waals surface area contributed by atoms with Gasteiger partial charge in [-0.15, -0.1) is 0 Å². The molecule has 0 bridgehead atoms. The summed E-state index contributed by atoms with van der Waals surface area (Å²) in [6.45, 7) is 3.02. The van der Waals surface area contributed by atoms with E-state index in [0.29, 0.717) is 0 Å². The van der Waals surface area contributed by atoms with Crippen molar-refractivity contribution in [3.8, 4) is 0 Å². The molecular formula is C15H21F2N. The van der Waals surface area contributed by atoms with E-state index in [0.717, 1.165) is 30.9 Å². The highest BCUT2D eigenvalue weighted by Gasteiger charge is 2.23. The zero-order chi connectivity index (χ0) is 13.0. The van der Waals surface area contributed by atoms with Gasteiger partial charge in [-0.2, -0.15) is 0 Å². The lowest BCUT2D eigenvalue weighted by Gasteiger charge is -2.30. The molecule has 1 aliphatic rings. The lowest BCUT2D eigenvalue weighted by Crippen LogP contribution is -2.26. The first kappa shape index (κ1) is 13.5. The van der Waals surface area contributed by atoms with Gasteiger partial charge in [-0.05, 0) is 43.0 Å². The highest BCUT2D eigenvalue weighted by molar-refractivity contribution is 5.21. The highest BCUT2D eigenvalue weighted by atomic mass is 19.2. The highest BCUT2D eigenvalue weighted by Crippen LogP contribution is 2.35. The van der Waals surface area contributed by atoms with Crippen molar-refractivity contribution >= 4 is 0 Å². The monoisotopic (exact) mass is 253 g/mol. The summed E-state index contributed by atoms with van der Waals surface area (Å²) in [5, 5.41) is 3.44. The average molecular weight is 253 g/mol. The van der Waals surface area contributed by atoms with Gasteiger partial charge in [-0.3, -0.25) is 0 Å². The Hall–Kier alpha value is -0.960. The van der Waals surface area contributed by atoms with E-state index >= 15 is 0 Å². The molecule has 0 spiro atoms. The van der Waals surface area contributed by atoms with Crippen molar-refractivity contribution < 1.29 is 8.78 Å². The predicted octanol–water partition coefficient (Wildman–Crippen LogP) is 4.20. The second-order valence-corrected chi connectivity index (χ2v) is 5.21. The summed E-state index contributed by atoms with van der Waals surface area (Å²) >= 11 is 0. The predicted molar refractivity (Wildman–Crippen MR) is 69.4 cm³/mol. The lowest BCUT2D eigenvalue weighted by molar-refractivity contribution is 0.261. The van der Waals surface area contributed by atoms with Crippen molar-refractivity contribution in [1.29, 1.82) is 0 Å². The molecule has 1 aromatic rings. The molecule has 18 heavy (non-hydrogen) atoms. The van der Waals surface area contributed by atoms with Crippen LogP contribution in [0.1, 0.15) is 50.6 Å². The minimum absolute atomic E-state index is 0.158. The van der Waals surface area contributed by atoms with Crippen LogP contribution in [0.3, 0.4) is 0 Å². The van der Waals surface area contributed by atoms with Gasteiger partial charge in [0.2, 0.25) is 0 Å². The molecule has 1 nitrogen and oxygen atoms in total. The van der Waals surface area contributed by atoms with Gasteiger partial charge in [-0.1, -0.05) is 32.3 Å². The van der Waals surface area contributed by atoms with Crippen LogP contribution in [0.2, 0.25) is 0 Å². The third-order valence-corrected chi connectivity index (χ3v) is 3.78. The fraction of sp³-hybridized carbons (Fsp3) is 0.600. The maximum Gasteiger partial charge on any atom is 0.159 e. The molecule has 1 aliphatic carbocycles. The van der Waals surface area contributed by atoms with E-state index in [1.54, 1.807) is 6.07 Å². The van der Waals surface area contributed by atoms with Crippen molar-refractivity contribution in [2.24, 2.45) is 5.92 Å². The molecule has 1 saturated carbocycles. The summed E-state index contributed by atoms with van der Waals surface area (Å²) in [6.07, 6.45) is 5.93. The normalized spacial score (nSPS) is 17.5. The minimum atomic E-state index is -0.767. The van der Waals surface area contributed by atoms with Crippen molar-refractivity contribution in [2.75, 3.05) is 6.54 Å². The van der Waals surface area contributed by atoms with Gasteiger partial charge in [0.25, 0.3) is 0 Å². The summed E-state index contributed by atoms with van der Waals surface area (Å²) in [4.78, 5) is 0. The van der Waals surface area contributed by atoms with Crippen LogP contribution in [0.5, 0.6) is 0 Å². The zero-order valence-electron chi connectivity index (χ0n) is 10.9. The van der Waals surface area contributed by atoms with E-state index in [4.69, 9.17) is 0 Å². The summed E-state index contributed by atoms with van der Waals surface area (Å²) < 4.78 is 26.3. The summed E-state index contributed by atoms with van der Waals surface area (Å²) in [6, 6.07) is 4.42. The SMILES string of the molecule is CCCNC(CC1CCC1)c1ccc(F)c(F)c1. The smallest absolute Gasteiger partial charge is 0.159 e. The Morgan fingerprint density at radius 3 is 2.61 bits per heavy atom. The van der Waals surface area contributed by atoms with Gasteiger partial charge in [0.1, 0.15) is 0 Å². The Bertz CT molecular complexity index is 388. The van der Waals surface area contributed by atoms with Gasteiger partial charge in [0.15, 0.2) is 11.6 Å². The van der Waals surface area contributed by atoms with Crippen LogP contribution >= 0.6 is 0 Å². The van der Waals surface area contributed by atoms with E-state index in [9.17, 15) is 8.78 Å². The van der Waals surface area contributed by atoms with E-state index in [1.807, 2.05) is 0 Å². The van der Waals surface area contributed by atoms with E-state index in [-0.39, 0.29) is 6.04 Å². The maximum absolute atomic E-state index is 13.3. The molecule has 1 atom stereocenters. The topological polar surface area (TPSA) is 12.0 Å². The second-order valence-electron chi connectivity index (χ2n) is 5.21. The molecular weight excluding hydrogens is 232 g/mol. The first-order chi connectivity index (χ1) is 8.70. The molecule has 0 amide bonds. The van der Waals surface area contributed by atoms with Gasteiger partial charge in [0, 0.05) is 6.04 Å². The fourth-order valence-electron chi connectivity index (χ4n) is 2.45. The third-order valence-electron chi connectivity index (χ3n) is 3.78. The van der Waals surface area contributed by atoms with Crippen molar-refractivity contribution in [3.63, 3.8) is 0 Å². The molecule has 0 saturated heterocycles. The van der Waals surface area contributed by atoms with Crippen molar-refractivity contribution in [3.05, 3.63) is 35.4 Å². The lowest BCUT2D eigenvalue weighted by atomic mass is 9.79. The van der Waals surface area contributed by atoms with Crippen LogP contribution in [-0.4, -0.2) is 6.54 Å². The number of hydrogen-bond acceptors (Lipinski definition) is 1. The Labute approximate surface area is 108 Å². The maximum atomic E-state index is 13.3. The number of rotatable bonds is 6. The summed E-state index contributed by atoms with van der Waals surface area (Å²) in [7, 11) is 0. The molecule has 1 unspecified atom stereocenters. The first-order valence-electron chi connectivity index (χ1n) is 6.89. The average Bonchev–Trinajstić information content (AvgIpc) is 2.31.